The number of hydrogen-bond donors (Lipinski definition) is 1. The molecule has 0 saturated carbocycles. The fraction of sp³-hybridized carbons (Fsp3) is 0.0833. The van der Waals surface area contributed by atoms with Crippen LogP contribution in [0.25, 0.3) is 23.0 Å². The van der Waals surface area contributed by atoms with Gasteiger partial charge in [0, 0.05) is 7.05 Å². The summed E-state index contributed by atoms with van der Waals surface area (Å²) < 4.78 is 42.9. The van der Waals surface area contributed by atoms with E-state index >= 15 is 0 Å². The van der Waals surface area contributed by atoms with Crippen LogP contribution in [0.4, 0.5) is 0 Å². The summed E-state index contributed by atoms with van der Waals surface area (Å²) >= 11 is 0. The summed E-state index contributed by atoms with van der Waals surface area (Å²) in [5.74, 6) is 1.44. The number of imidazole rings is 1. The van der Waals surface area contributed by atoms with Gasteiger partial charge < -0.3 is 13.4 Å². The van der Waals surface area contributed by atoms with Crippen molar-refractivity contribution in [1.29, 1.82) is 0 Å². The molecular formula is C12H10N2O5S. The van der Waals surface area contributed by atoms with Crippen molar-refractivity contribution >= 4 is 10.1 Å². The Morgan fingerprint density at radius 3 is 2.65 bits per heavy atom. The summed E-state index contributed by atoms with van der Waals surface area (Å²) in [6.45, 7) is 0. The zero-order valence-electron chi connectivity index (χ0n) is 10.3. The molecule has 1 N–H and O–H groups in total. The van der Waals surface area contributed by atoms with Gasteiger partial charge in [-0.2, -0.15) is 8.42 Å². The molecule has 0 saturated heterocycles. The quantitative estimate of drug-likeness (QED) is 0.743. The third-order valence-corrected chi connectivity index (χ3v) is 3.55. The topological polar surface area (TPSA) is 98.5 Å². The number of aromatic nitrogens is 2. The molecule has 0 aromatic carbocycles. The molecule has 8 heteroatoms. The molecule has 0 bridgehead atoms. The van der Waals surface area contributed by atoms with Gasteiger partial charge in [-0.25, -0.2) is 4.98 Å². The van der Waals surface area contributed by atoms with Crippen molar-refractivity contribution in [2.24, 2.45) is 7.05 Å². The molecule has 0 unspecified atom stereocenters. The maximum Gasteiger partial charge on any atom is 0.328 e. The van der Waals surface area contributed by atoms with Crippen LogP contribution in [0, 0.1) is 0 Å². The van der Waals surface area contributed by atoms with Gasteiger partial charge in [0.05, 0.1) is 12.5 Å². The van der Waals surface area contributed by atoms with E-state index in [0.29, 0.717) is 17.3 Å². The molecule has 0 aliphatic heterocycles. The lowest BCUT2D eigenvalue weighted by Gasteiger charge is -2.01. The highest BCUT2D eigenvalue weighted by atomic mass is 32.2. The van der Waals surface area contributed by atoms with Gasteiger partial charge in [-0.05, 0) is 24.3 Å². The second-order valence-electron chi connectivity index (χ2n) is 4.10. The van der Waals surface area contributed by atoms with Crippen LogP contribution >= 0.6 is 0 Å². The monoisotopic (exact) mass is 294 g/mol. The van der Waals surface area contributed by atoms with E-state index in [2.05, 4.69) is 4.98 Å². The fourth-order valence-electron chi connectivity index (χ4n) is 1.87. The van der Waals surface area contributed by atoms with Crippen molar-refractivity contribution in [2.75, 3.05) is 0 Å². The van der Waals surface area contributed by atoms with E-state index < -0.39 is 15.2 Å². The Morgan fingerprint density at radius 1 is 1.25 bits per heavy atom. The minimum atomic E-state index is -4.35. The van der Waals surface area contributed by atoms with Crippen molar-refractivity contribution in [3.8, 4) is 23.0 Å². The Labute approximate surface area is 114 Å². The van der Waals surface area contributed by atoms with E-state index in [1.165, 1.54) is 24.6 Å². The molecule has 20 heavy (non-hydrogen) atoms. The fourth-order valence-corrected chi connectivity index (χ4v) is 2.30. The first-order valence-corrected chi connectivity index (χ1v) is 7.04. The van der Waals surface area contributed by atoms with Gasteiger partial charge in [0.15, 0.2) is 17.3 Å². The second kappa shape index (κ2) is 4.36. The number of rotatable bonds is 3. The van der Waals surface area contributed by atoms with E-state index in [1.807, 2.05) is 0 Å². The maximum atomic E-state index is 11.0. The summed E-state index contributed by atoms with van der Waals surface area (Å²) in [6.07, 6.45) is 3.07. The Hall–Kier alpha value is -2.32. The zero-order valence-corrected chi connectivity index (χ0v) is 11.2. The van der Waals surface area contributed by atoms with Gasteiger partial charge in [0.2, 0.25) is 5.09 Å². The molecule has 104 valence electrons. The van der Waals surface area contributed by atoms with Crippen molar-refractivity contribution in [3.05, 3.63) is 36.7 Å². The smallest absolute Gasteiger partial charge is 0.328 e. The van der Waals surface area contributed by atoms with Crippen LogP contribution < -0.4 is 0 Å². The molecular weight excluding hydrogens is 284 g/mol. The lowest BCUT2D eigenvalue weighted by molar-refractivity contribution is 0.412. The highest BCUT2D eigenvalue weighted by Crippen LogP contribution is 2.28. The van der Waals surface area contributed by atoms with E-state index in [4.69, 9.17) is 13.4 Å². The minimum absolute atomic E-state index is 0.283. The van der Waals surface area contributed by atoms with Crippen LogP contribution in [0.3, 0.4) is 0 Å². The van der Waals surface area contributed by atoms with Gasteiger partial charge >= 0.3 is 10.1 Å². The Balaban J connectivity index is 2.06. The molecule has 7 nitrogen and oxygen atoms in total. The highest BCUT2D eigenvalue weighted by Gasteiger charge is 2.19. The van der Waals surface area contributed by atoms with Crippen LogP contribution in [-0.4, -0.2) is 22.5 Å². The molecule has 0 fully saturated rings. The Kier molecular flexibility index (Phi) is 2.77. The first-order chi connectivity index (χ1) is 9.47. The average molecular weight is 294 g/mol. The van der Waals surface area contributed by atoms with E-state index in [-0.39, 0.29) is 5.76 Å². The van der Waals surface area contributed by atoms with Crippen LogP contribution in [0.2, 0.25) is 0 Å². The normalized spacial score (nSPS) is 11.9. The van der Waals surface area contributed by atoms with Gasteiger partial charge in [-0.3, -0.25) is 4.55 Å². The standard InChI is InChI=1S/C12H10N2O5S/c1-14-8(7-13-12(14)10-3-2-6-18-10)9-4-5-11(19-9)20(15,16)17/h2-7H,1H3,(H,15,16,17). The van der Waals surface area contributed by atoms with Crippen molar-refractivity contribution in [1.82, 2.24) is 9.55 Å². The summed E-state index contributed by atoms with van der Waals surface area (Å²) in [5, 5.41) is -0.506. The SMILES string of the molecule is Cn1c(-c2ccc(S(=O)(=O)O)o2)cnc1-c1ccco1. The second-order valence-corrected chi connectivity index (χ2v) is 5.45. The maximum absolute atomic E-state index is 11.0. The molecule has 3 rings (SSSR count). The minimum Gasteiger partial charge on any atom is -0.461 e. The van der Waals surface area contributed by atoms with E-state index in [0.717, 1.165) is 0 Å². The van der Waals surface area contributed by atoms with E-state index in [1.54, 1.807) is 23.7 Å². The molecule has 0 aliphatic carbocycles. The van der Waals surface area contributed by atoms with Crippen molar-refractivity contribution < 1.29 is 21.8 Å². The molecule has 0 aliphatic rings. The van der Waals surface area contributed by atoms with Gasteiger partial charge in [-0.15, -0.1) is 0 Å². The molecule has 0 radical (unpaired) electrons. The first-order valence-electron chi connectivity index (χ1n) is 5.60. The average Bonchev–Trinajstić information content (AvgIpc) is 3.05. The number of nitrogens with zero attached hydrogens (tertiary/aromatic N) is 2. The molecule has 3 aromatic heterocycles. The molecule has 0 atom stereocenters. The molecule has 0 amide bonds. The van der Waals surface area contributed by atoms with Crippen molar-refractivity contribution in [3.63, 3.8) is 0 Å². The van der Waals surface area contributed by atoms with Crippen molar-refractivity contribution in [2.45, 2.75) is 5.09 Å². The van der Waals surface area contributed by atoms with Crippen LogP contribution in [0.5, 0.6) is 0 Å². The number of hydrogen-bond acceptors (Lipinski definition) is 5. The summed E-state index contributed by atoms with van der Waals surface area (Å²) in [4.78, 5) is 4.20. The third-order valence-electron chi connectivity index (χ3n) is 2.82. The van der Waals surface area contributed by atoms with Gasteiger partial charge in [0.25, 0.3) is 0 Å². The Bertz CT molecular complexity index is 842. The predicted molar refractivity (Wildman–Crippen MR) is 68.4 cm³/mol. The molecule has 3 aromatic rings. The predicted octanol–water partition coefficient (Wildman–Crippen LogP) is 2.19. The summed E-state index contributed by atoms with van der Waals surface area (Å²) in [5.41, 5.74) is 0.561. The zero-order chi connectivity index (χ0) is 14.3. The van der Waals surface area contributed by atoms with Crippen LogP contribution in [0.1, 0.15) is 0 Å². The third kappa shape index (κ3) is 2.04. The van der Waals surface area contributed by atoms with E-state index in [9.17, 15) is 8.42 Å². The first kappa shape index (κ1) is 12.7. The van der Waals surface area contributed by atoms with Crippen LogP contribution in [-0.2, 0) is 17.2 Å². The highest BCUT2D eigenvalue weighted by molar-refractivity contribution is 7.85. The summed E-state index contributed by atoms with van der Waals surface area (Å²) in [6, 6.07) is 6.14. The van der Waals surface area contributed by atoms with Crippen LogP contribution in [0.15, 0.2) is 50.7 Å². The molecule has 0 spiro atoms. The molecule has 3 heterocycles. The van der Waals surface area contributed by atoms with Gasteiger partial charge in [0.1, 0.15) is 5.69 Å². The summed E-state index contributed by atoms with van der Waals surface area (Å²) in [7, 11) is -2.61. The van der Waals surface area contributed by atoms with Gasteiger partial charge in [-0.1, -0.05) is 0 Å². The Morgan fingerprint density at radius 2 is 2.05 bits per heavy atom. The largest absolute Gasteiger partial charge is 0.461 e. The lowest BCUT2D eigenvalue weighted by atomic mass is 10.3. The number of furan rings is 2. The lowest BCUT2D eigenvalue weighted by Crippen LogP contribution is -1.95.